The third kappa shape index (κ3) is 4.20. The smallest absolute Gasteiger partial charge is 0.328 e. The van der Waals surface area contributed by atoms with Gasteiger partial charge < -0.3 is 5.11 Å². The number of aliphatic carboxylic acids is 1. The summed E-state index contributed by atoms with van der Waals surface area (Å²) in [5, 5.41) is 17.8. The molecule has 5 heteroatoms. The first-order valence-electron chi connectivity index (χ1n) is 5.97. The molecule has 2 rings (SSSR count). The summed E-state index contributed by atoms with van der Waals surface area (Å²) < 4.78 is 12.9. The highest BCUT2D eigenvalue weighted by Gasteiger charge is 2.05. The molecule has 0 saturated carbocycles. The molecule has 0 aliphatic rings. The minimum absolute atomic E-state index is 0.311. The number of nitriles is 1. The molecule has 0 aliphatic heterocycles. The van der Waals surface area contributed by atoms with Crippen molar-refractivity contribution in [2.45, 2.75) is 9.79 Å². The Balaban J connectivity index is 2.26. The van der Waals surface area contributed by atoms with Crippen LogP contribution in [-0.2, 0) is 4.79 Å². The van der Waals surface area contributed by atoms with Gasteiger partial charge in [-0.2, -0.15) is 5.26 Å². The van der Waals surface area contributed by atoms with Gasteiger partial charge in [0, 0.05) is 15.9 Å². The lowest BCUT2D eigenvalue weighted by atomic mass is 10.1. The molecule has 21 heavy (non-hydrogen) atoms. The lowest BCUT2D eigenvalue weighted by molar-refractivity contribution is -0.131. The number of halogens is 1. The molecule has 0 aromatic heterocycles. The summed E-state index contributed by atoms with van der Waals surface area (Å²) in [4.78, 5) is 12.0. The first-order chi connectivity index (χ1) is 10.1. The second-order valence-electron chi connectivity index (χ2n) is 4.09. The van der Waals surface area contributed by atoms with E-state index in [-0.39, 0.29) is 5.82 Å². The highest BCUT2D eigenvalue weighted by molar-refractivity contribution is 7.99. The van der Waals surface area contributed by atoms with Gasteiger partial charge in [-0.15, -0.1) is 0 Å². The van der Waals surface area contributed by atoms with E-state index >= 15 is 0 Å². The predicted octanol–water partition coefficient (Wildman–Crippen LogP) is 3.95. The number of carbonyl (C=O) groups is 1. The average molecular weight is 299 g/mol. The van der Waals surface area contributed by atoms with Crippen LogP contribution in [0.5, 0.6) is 0 Å². The second-order valence-corrected chi connectivity index (χ2v) is 5.21. The molecule has 1 N–H and O–H groups in total. The lowest BCUT2D eigenvalue weighted by Gasteiger charge is -2.05. The largest absolute Gasteiger partial charge is 0.478 e. The maximum Gasteiger partial charge on any atom is 0.328 e. The Labute approximate surface area is 125 Å². The molecule has 0 heterocycles. The minimum atomic E-state index is -1.04. The highest BCUT2D eigenvalue weighted by atomic mass is 32.2. The zero-order chi connectivity index (χ0) is 15.2. The SMILES string of the molecule is N#Cc1cc(/C=C/C(=O)O)ccc1Sc1ccc(F)cc1. The van der Waals surface area contributed by atoms with Crippen LogP contribution in [0.1, 0.15) is 11.1 Å². The topological polar surface area (TPSA) is 61.1 Å². The van der Waals surface area contributed by atoms with Crippen LogP contribution in [0.25, 0.3) is 6.08 Å². The normalized spacial score (nSPS) is 10.5. The van der Waals surface area contributed by atoms with Gasteiger partial charge >= 0.3 is 5.97 Å². The van der Waals surface area contributed by atoms with Crippen molar-refractivity contribution in [2.75, 3.05) is 0 Å². The maximum absolute atomic E-state index is 12.9. The van der Waals surface area contributed by atoms with Gasteiger partial charge in [-0.25, -0.2) is 9.18 Å². The van der Waals surface area contributed by atoms with E-state index in [1.165, 1.54) is 30.0 Å². The molecule has 0 fully saturated rings. The van der Waals surface area contributed by atoms with Crippen LogP contribution in [-0.4, -0.2) is 11.1 Å². The summed E-state index contributed by atoms with van der Waals surface area (Å²) >= 11 is 1.35. The van der Waals surface area contributed by atoms with Crippen LogP contribution in [0.15, 0.2) is 58.3 Å². The number of carboxylic acids is 1. The van der Waals surface area contributed by atoms with E-state index in [1.807, 2.05) is 0 Å². The molecule has 0 bridgehead atoms. The van der Waals surface area contributed by atoms with E-state index in [9.17, 15) is 14.4 Å². The number of nitrogens with zero attached hydrogens (tertiary/aromatic N) is 1. The zero-order valence-corrected chi connectivity index (χ0v) is 11.6. The van der Waals surface area contributed by atoms with Gasteiger partial charge in [0.2, 0.25) is 0 Å². The van der Waals surface area contributed by atoms with Crippen LogP contribution >= 0.6 is 11.8 Å². The molecule has 0 amide bonds. The fourth-order valence-electron chi connectivity index (χ4n) is 1.62. The molecule has 2 aromatic carbocycles. The highest BCUT2D eigenvalue weighted by Crippen LogP contribution is 2.31. The van der Waals surface area contributed by atoms with Crippen molar-refractivity contribution >= 4 is 23.8 Å². The third-order valence-electron chi connectivity index (χ3n) is 2.58. The number of rotatable bonds is 4. The average Bonchev–Trinajstić information content (AvgIpc) is 2.48. The van der Waals surface area contributed by atoms with Crippen molar-refractivity contribution in [3.63, 3.8) is 0 Å². The summed E-state index contributed by atoms with van der Waals surface area (Å²) in [5.74, 6) is -1.35. The minimum Gasteiger partial charge on any atom is -0.478 e. The summed E-state index contributed by atoms with van der Waals surface area (Å²) in [7, 11) is 0. The van der Waals surface area contributed by atoms with Crippen molar-refractivity contribution in [1.82, 2.24) is 0 Å². The van der Waals surface area contributed by atoms with Gasteiger partial charge in [-0.05, 0) is 48.0 Å². The fraction of sp³-hybridized carbons (Fsp3) is 0. The van der Waals surface area contributed by atoms with Crippen molar-refractivity contribution in [2.24, 2.45) is 0 Å². The summed E-state index contributed by atoms with van der Waals surface area (Å²) in [6, 6.07) is 13.2. The van der Waals surface area contributed by atoms with Gasteiger partial charge in [0.15, 0.2) is 0 Å². The van der Waals surface area contributed by atoms with Gasteiger partial charge in [0.05, 0.1) is 5.56 Å². The molecule has 0 saturated heterocycles. The molecular weight excluding hydrogens is 289 g/mol. The molecule has 2 aromatic rings. The zero-order valence-electron chi connectivity index (χ0n) is 10.8. The number of hydrogen-bond donors (Lipinski definition) is 1. The Bertz CT molecular complexity index is 733. The summed E-state index contributed by atoms with van der Waals surface area (Å²) in [6.45, 7) is 0. The van der Waals surface area contributed by atoms with Crippen molar-refractivity contribution in [3.05, 3.63) is 65.5 Å². The van der Waals surface area contributed by atoms with E-state index in [4.69, 9.17) is 5.11 Å². The van der Waals surface area contributed by atoms with Gasteiger partial charge in [0.1, 0.15) is 11.9 Å². The Morgan fingerprint density at radius 1 is 1.24 bits per heavy atom. The standard InChI is InChI=1S/C16H10FNO2S/c17-13-3-5-14(6-4-13)21-15-7-1-11(2-8-16(19)20)9-12(15)10-18/h1-9H,(H,19,20)/b8-2+. The molecule has 0 unspecified atom stereocenters. The summed E-state index contributed by atoms with van der Waals surface area (Å²) in [5.41, 5.74) is 1.08. The van der Waals surface area contributed by atoms with E-state index in [2.05, 4.69) is 6.07 Å². The van der Waals surface area contributed by atoms with E-state index in [0.717, 1.165) is 15.9 Å². The van der Waals surface area contributed by atoms with Crippen LogP contribution in [0.3, 0.4) is 0 Å². The van der Waals surface area contributed by atoms with Crippen molar-refractivity contribution in [1.29, 1.82) is 5.26 Å². The monoisotopic (exact) mass is 299 g/mol. The molecular formula is C16H10FNO2S. The molecule has 0 aliphatic carbocycles. The number of benzene rings is 2. The fourth-order valence-corrected chi connectivity index (χ4v) is 2.50. The van der Waals surface area contributed by atoms with Crippen molar-refractivity contribution < 1.29 is 14.3 Å². The molecule has 104 valence electrons. The van der Waals surface area contributed by atoms with Crippen LogP contribution in [0.4, 0.5) is 4.39 Å². The van der Waals surface area contributed by atoms with E-state index in [0.29, 0.717) is 11.1 Å². The molecule has 0 atom stereocenters. The quantitative estimate of drug-likeness (QED) is 0.868. The van der Waals surface area contributed by atoms with Crippen LogP contribution in [0, 0.1) is 17.1 Å². The van der Waals surface area contributed by atoms with Gasteiger partial charge in [0.25, 0.3) is 0 Å². The second kappa shape index (κ2) is 6.73. The lowest BCUT2D eigenvalue weighted by Crippen LogP contribution is -1.87. The Hall–Kier alpha value is -2.58. The molecule has 3 nitrogen and oxygen atoms in total. The van der Waals surface area contributed by atoms with Gasteiger partial charge in [-0.1, -0.05) is 17.8 Å². The molecule has 0 spiro atoms. The Morgan fingerprint density at radius 3 is 2.57 bits per heavy atom. The third-order valence-corrected chi connectivity index (χ3v) is 3.67. The maximum atomic E-state index is 12.9. The van der Waals surface area contributed by atoms with Crippen molar-refractivity contribution in [3.8, 4) is 6.07 Å². The Morgan fingerprint density at radius 2 is 1.95 bits per heavy atom. The number of carboxylic acid groups (broad SMARTS) is 1. The first kappa shape index (κ1) is 14.8. The number of hydrogen-bond acceptors (Lipinski definition) is 3. The van der Waals surface area contributed by atoms with E-state index in [1.54, 1.807) is 30.3 Å². The Kier molecular flexibility index (Phi) is 4.75. The van der Waals surface area contributed by atoms with Crippen LogP contribution < -0.4 is 0 Å². The van der Waals surface area contributed by atoms with Crippen LogP contribution in [0.2, 0.25) is 0 Å². The first-order valence-corrected chi connectivity index (χ1v) is 6.79. The van der Waals surface area contributed by atoms with Gasteiger partial charge in [-0.3, -0.25) is 0 Å². The van der Waals surface area contributed by atoms with E-state index < -0.39 is 5.97 Å². The summed E-state index contributed by atoms with van der Waals surface area (Å²) in [6.07, 6.45) is 2.44. The predicted molar refractivity (Wildman–Crippen MR) is 78.3 cm³/mol. The molecule has 0 radical (unpaired) electrons.